The molecule has 2 aromatic carbocycles. The maximum absolute atomic E-state index is 11.6. The van der Waals surface area contributed by atoms with E-state index in [1.807, 2.05) is 13.8 Å². The molecule has 62 heavy (non-hydrogen) atoms. The first-order valence-electron chi connectivity index (χ1n) is 27.0. The summed E-state index contributed by atoms with van der Waals surface area (Å²) in [5.41, 5.74) is 8.03. The second kappa shape index (κ2) is 27.8. The Hall–Kier alpha value is -2.36. The summed E-state index contributed by atoms with van der Waals surface area (Å²) in [6.45, 7) is 17.5. The lowest BCUT2D eigenvalue weighted by Gasteiger charge is -2.39. The van der Waals surface area contributed by atoms with Gasteiger partial charge in [0.2, 0.25) is 0 Å². The van der Waals surface area contributed by atoms with Crippen LogP contribution in [0.3, 0.4) is 0 Å². The Bertz CT molecular complexity index is 1470. The summed E-state index contributed by atoms with van der Waals surface area (Å²) in [7, 11) is 0. The van der Waals surface area contributed by atoms with E-state index in [1.165, 1.54) is 191 Å². The predicted molar refractivity (Wildman–Crippen MR) is 267 cm³/mol. The average molecular weight is 859 g/mol. The molecule has 2 atom stereocenters. The molecule has 0 radical (unpaired) electrons. The van der Waals surface area contributed by atoms with Crippen molar-refractivity contribution in [2.45, 2.75) is 298 Å². The van der Waals surface area contributed by atoms with Gasteiger partial charge in [0, 0.05) is 22.3 Å². The fourth-order valence-electron chi connectivity index (χ4n) is 10.9. The lowest BCUT2D eigenvalue weighted by molar-refractivity contribution is 0.0515. The summed E-state index contributed by atoms with van der Waals surface area (Å²) in [6, 6.07) is 0. The van der Waals surface area contributed by atoms with E-state index in [9.17, 15) is 10.2 Å². The minimum atomic E-state index is -0.169. The number of phenolic OH excluding ortho intramolecular Hbond substituents is 2. The first-order chi connectivity index (χ1) is 29.9. The molecule has 0 fully saturated rings. The van der Waals surface area contributed by atoms with Crippen LogP contribution in [-0.4, -0.2) is 21.4 Å². The minimum Gasteiger partial charge on any atom is -0.507 e. The molecule has 2 unspecified atom stereocenters. The molecule has 4 rings (SSSR count). The van der Waals surface area contributed by atoms with Crippen LogP contribution in [-0.2, 0) is 25.7 Å². The fourth-order valence-corrected chi connectivity index (χ4v) is 10.9. The highest BCUT2D eigenvalue weighted by atomic mass is 16.5. The fraction of sp³-hybridized carbons (Fsp3) is 0.793. The van der Waals surface area contributed by atoms with Crippen molar-refractivity contribution in [2.24, 2.45) is 0 Å². The molecule has 0 amide bonds. The van der Waals surface area contributed by atoms with Crippen molar-refractivity contribution in [1.82, 2.24) is 0 Å². The molecule has 2 aliphatic heterocycles. The Balaban J connectivity index is 1.24. The van der Waals surface area contributed by atoms with Gasteiger partial charge < -0.3 is 19.7 Å². The lowest BCUT2D eigenvalue weighted by atomic mass is 9.81. The number of hydrogen-bond acceptors (Lipinski definition) is 4. The number of unbranched alkanes of at least 4 members (excludes halogenated alkanes) is 26. The smallest absolute Gasteiger partial charge is 0.127 e. The number of hydrogen-bond donors (Lipinski definition) is 2. The van der Waals surface area contributed by atoms with Gasteiger partial charge in [0.05, 0.1) is 0 Å². The summed E-state index contributed by atoms with van der Waals surface area (Å²) < 4.78 is 13.9. The van der Waals surface area contributed by atoms with Crippen LogP contribution in [0.1, 0.15) is 278 Å². The van der Waals surface area contributed by atoms with Crippen LogP contribution in [0, 0.1) is 27.7 Å². The Morgan fingerprint density at radius 2 is 0.645 bits per heavy atom. The number of rotatable bonds is 33. The zero-order chi connectivity index (χ0) is 44.8. The highest BCUT2D eigenvalue weighted by molar-refractivity contribution is 5.61. The van der Waals surface area contributed by atoms with E-state index >= 15 is 0 Å². The Labute approximate surface area is 383 Å². The molecule has 354 valence electrons. The van der Waals surface area contributed by atoms with Gasteiger partial charge in [-0.3, -0.25) is 0 Å². The van der Waals surface area contributed by atoms with Gasteiger partial charge in [0.25, 0.3) is 0 Å². The summed E-state index contributed by atoms with van der Waals surface area (Å²) in [5, 5.41) is 23.3. The van der Waals surface area contributed by atoms with Crippen LogP contribution in [0.15, 0.2) is 0 Å². The van der Waals surface area contributed by atoms with Crippen LogP contribution < -0.4 is 9.47 Å². The van der Waals surface area contributed by atoms with E-state index in [4.69, 9.17) is 9.47 Å². The predicted octanol–water partition coefficient (Wildman–Crippen LogP) is 18.0. The third kappa shape index (κ3) is 16.3. The van der Waals surface area contributed by atoms with Gasteiger partial charge in [0.15, 0.2) is 0 Å². The molecule has 2 aliphatic rings. The third-order valence-corrected chi connectivity index (χ3v) is 15.6. The molecule has 0 saturated heterocycles. The van der Waals surface area contributed by atoms with Crippen LogP contribution in [0.2, 0.25) is 0 Å². The van der Waals surface area contributed by atoms with E-state index < -0.39 is 0 Å². The third-order valence-electron chi connectivity index (χ3n) is 15.6. The molecule has 2 aromatic rings. The zero-order valence-electron chi connectivity index (χ0n) is 42.2. The Kier molecular flexibility index (Phi) is 23.5. The van der Waals surface area contributed by atoms with Crippen LogP contribution in [0.5, 0.6) is 23.0 Å². The van der Waals surface area contributed by atoms with Crippen LogP contribution in [0.4, 0.5) is 0 Å². The molecule has 0 saturated carbocycles. The van der Waals surface area contributed by atoms with Gasteiger partial charge in [-0.1, -0.05) is 181 Å². The maximum atomic E-state index is 11.6. The van der Waals surface area contributed by atoms with Crippen molar-refractivity contribution in [1.29, 1.82) is 0 Å². The topological polar surface area (TPSA) is 58.9 Å². The number of ether oxygens (including phenoxy) is 2. The molecule has 0 bridgehead atoms. The summed E-state index contributed by atoms with van der Waals surface area (Å²) >= 11 is 0. The average Bonchev–Trinajstić information content (AvgIpc) is 3.26. The molecular weight excluding hydrogens is 761 g/mol. The quantitative estimate of drug-likeness (QED) is 0.0702. The Morgan fingerprint density at radius 1 is 0.387 bits per heavy atom. The first-order valence-corrected chi connectivity index (χ1v) is 27.0. The monoisotopic (exact) mass is 859 g/mol. The number of phenols is 2. The van der Waals surface area contributed by atoms with Crippen molar-refractivity contribution in [3.8, 4) is 23.0 Å². The van der Waals surface area contributed by atoms with Gasteiger partial charge in [-0.25, -0.2) is 0 Å². The Morgan fingerprint density at radius 3 is 0.919 bits per heavy atom. The molecule has 2 N–H and O–H groups in total. The zero-order valence-corrected chi connectivity index (χ0v) is 42.2. The largest absolute Gasteiger partial charge is 0.507 e. The van der Waals surface area contributed by atoms with Crippen molar-refractivity contribution < 1.29 is 19.7 Å². The molecule has 4 nitrogen and oxygen atoms in total. The number of benzene rings is 2. The second-order valence-electron chi connectivity index (χ2n) is 21.1. The van der Waals surface area contributed by atoms with Crippen molar-refractivity contribution in [3.63, 3.8) is 0 Å². The first kappa shape index (κ1) is 52.3. The highest BCUT2D eigenvalue weighted by Crippen LogP contribution is 2.48. The van der Waals surface area contributed by atoms with Crippen molar-refractivity contribution in [3.05, 3.63) is 44.5 Å². The molecule has 0 aromatic heterocycles. The van der Waals surface area contributed by atoms with E-state index in [2.05, 4.69) is 41.5 Å². The van der Waals surface area contributed by atoms with Crippen LogP contribution >= 0.6 is 0 Å². The minimum absolute atomic E-state index is 0.169. The number of aromatic hydroxyl groups is 2. The normalized spacial score (nSPS) is 18.4. The van der Waals surface area contributed by atoms with E-state index in [0.29, 0.717) is 24.3 Å². The maximum Gasteiger partial charge on any atom is 0.127 e. The lowest BCUT2D eigenvalue weighted by Crippen LogP contribution is -2.37. The SMILES string of the molecule is CCCCCCCCCCCCCCCCC1(C)CCc2c(CCc3c(O)c(C)c(C)c4c3CCC(C)(CCCCCCCCCCCCCCCC)O4)c(O)c(C)c(C)c2O1. The molecule has 2 heterocycles. The van der Waals surface area contributed by atoms with Gasteiger partial charge in [-0.15, -0.1) is 0 Å². The summed E-state index contributed by atoms with van der Waals surface area (Å²) in [6.07, 6.45) is 45.9. The van der Waals surface area contributed by atoms with Gasteiger partial charge >= 0.3 is 0 Å². The van der Waals surface area contributed by atoms with Gasteiger partial charge in [0.1, 0.15) is 34.2 Å². The van der Waals surface area contributed by atoms with E-state index in [-0.39, 0.29) is 11.2 Å². The molecule has 0 spiro atoms. The van der Waals surface area contributed by atoms with Crippen molar-refractivity contribution in [2.75, 3.05) is 0 Å². The van der Waals surface area contributed by atoms with Crippen molar-refractivity contribution >= 4 is 0 Å². The highest BCUT2D eigenvalue weighted by Gasteiger charge is 2.37. The summed E-state index contributed by atoms with van der Waals surface area (Å²) in [5.74, 6) is 2.83. The molecule has 4 heteroatoms. The van der Waals surface area contributed by atoms with E-state index in [0.717, 1.165) is 83.4 Å². The number of fused-ring (bicyclic) bond motifs is 2. The van der Waals surface area contributed by atoms with E-state index in [1.54, 1.807) is 0 Å². The standard InChI is InChI=1S/C58H98O4/c1-9-11-13-15-17-19-21-23-25-27-29-31-33-35-41-57(7)43-39-51-49(53(59)45(3)47(5)55(51)61-57)37-38-50-52-40-44-58(8,62-56(52)48(6)46(4)54(50)60)42-36-34-32-30-28-26-24-22-20-18-16-14-12-10-2/h59-60H,9-44H2,1-8H3. The summed E-state index contributed by atoms with van der Waals surface area (Å²) in [4.78, 5) is 0. The second-order valence-corrected chi connectivity index (χ2v) is 21.1. The van der Waals surface area contributed by atoms with Gasteiger partial charge in [-0.2, -0.15) is 0 Å². The molecular formula is C58H98O4. The van der Waals surface area contributed by atoms with Gasteiger partial charge in [-0.05, 0) is 128 Å². The molecule has 0 aliphatic carbocycles. The van der Waals surface area contributed by atoms with Crippen LogP contribution in [0.25, 0.3) is 0 Å².